The van der Waals surface area contributed by atoms with Gasteiger partial charge in [-0.2, -0.15) is 0 Å². The van der Waals surface area contributed by atoms with Crippen molar-refractivity contribution in [2.75, 3.05) is 26.4 Å². The van der Waals surface area contributed by atoms with Crippen molar-refractivity contribution in [3.63, 3.8) is 0 Å². The lowest BCUT2D eigenvalue weighted by molar-refractivity contribution is -0.137. The molecule has 0 bridgehead atoms. The fraction of sp³-hybridized carbons (Fsp3) is 0.444. The third-order valence-corrected chi connectivity index (χ3v) is 6.99. The molecule has 1 aliphatic carbocycles. The molecule has 2 aromatic rings. The van der Waals surface area contributed by atoms with Gasteiger partial charge in [-0.1, -0.05) is 55.5 Å². The van der Waals surface area contributed by atoms with Crippen molar-refractivity contribution < 1.29 is 29.0 Å². The van der Waals surface area contributed by atoms with Crippen molar-refractivity contribution >= 4 is 18.0 Å². The van der Waals surface area contributed by atoms with Gasteiger partial charge in [0, 0.05) is 32.1 Å². The SMILES string of the molecule is CC1(CNC(=O)C(CCC(=O)O)NC(=O)OCC2c3ccccc3-c3ccccc32)CCOCC1. The average Bonchev–Trinajstić information content (AvgIpc) is 3.18. The first-order valence-electron chi connectivity index (χ1n) is 12.0. The van der Waals surface area contributed by atoms with Crippen molar-refractivity contribution in [1.82, 2.24) is 10.6 Å². The smallest absolute Gasteiger partial charge is 0.407 e. The zero-order valence-electron chi connectivity index (χ0n) is 19.9. The number of amides is 2. The number of hydrogen-bond donors (Lipinski definition) is 3. The van der Waals surface area contributed by atoms with E-state index in [4.69, 9.17) is 14.6 Å². The van der Waals surface area contributed by atoms with Gasteiger partial charge in [0.1, 0.15) is 12.6 Å². The molecule has 8 heteroatoms. The first kappa shape index (κ1) is 24.7. The Balaban J connectivity index is 1.37. The number of rotatable bonds is 9. The van der Waals surface area contributed by atoms with Gasteiger partial charge in [-0.3, -0.25) is 9.59 Å². The van der Waals surface area contributed by atoms with Crippen LogP contribution in [-0.4, -0.2) is 55.5 Å². The van der Waals surface area contributed by atoms with Crippen LogP contribution in [0.3, 0.4) is 0 Å². The molecule has 3 N–H and O–H groups in total. The van der Waals surface area contributed by atoms with Crippen molar-refractivity contribution in [3.8, 4) is 11.1 Å². The van der Waals surface area contributed by atoms with E-state index in [2.05, 4.69) is 29.7 Å². The topological polar surface area (TPSA) is 114 Å². The summed E-state index contributed by atoms with van der Waals surface area (Å²) < 4.78 is 10.9. The zero-order chi connectivity index (χ0) is 24.8. The molecule has 1 atom stereocenters. The molecule has 186 valence electrons. The molecule has 2 aliphatic rings. The molecule has 0 saturated carbocycles. The van der Waals surface area contributed by atoms with Gasteiger partial charge in [-0.05, 0) is 46.9 Å². The number of benzene rings is 2. The van der Waals surface area contributed by atoms with Crippen molar-refractivity contribution in [2.45, 2.75) is 44.6 Å². The van der Waals surface area contributed by atoms with Crippen LogP contribution in [0.15, 0.2) is 48.5 Å². The van der Waals surface area contributed by atoms with Crippen LogP contribution in [0.2, 0.25) is 0 Å². The first-order valence-corrected chi connectivity index (χ1v) is 12.0. The fourth-order valence-electron chi connectivity index (χ4n) is 4.78. The summed E-state index contributed by atoms with van der Waals surface area (Å²) >= 11 is 0. The van der Waals surface area contributed by atoms with E-state index in [-0.39, 0.29) is 30.8 Å². The standard InChI is InChI=1S/C27H32N2O6/c1-27(12-14-34-15-13-27)17-28-25(32)23(10-11-24(30)31)29-26(33)35-16-22-20-8-4-2-6-18(20)19-7-3-5-9-21(19)22/h2-9,22-23H,10-17H2,1H3,(H,28,32)(H,29,33)(H,30,31). The van der Waals surface area contributed by atoms with Crippen molar-refractivity contribution in [1.29, 1.82) is 0 Å². The van der Waals surface area contributed by atoms with E-state index in [0.29, 0.717) is 19.8 Å². The van der Waals surface area contributed by atoms with Gasteiger partial charge in [0.2, 0.25) is 5.91 Å². The highest BCUT2D eigenvalue weighted by molar-refractivity contribution is 5.86. The van der Waals surface area contributed by atoms with Gasteiger partial charge < -0.3 is 25.2 Å². The summed E-state index contributed by atoms with van der Waals surface area (Å²) in [6.07, 6.45) is 0.646. The van der Waals surface area contributed by atoms with E-state index in [1.54, 1.807) is 0 Å². The van der Waals surface area contributed by atoms with E-state index >= 15 is 0 Å². The zero-order valence-corrected chi connectivity index (χ0v) is 19.9. The lowest BCUT2D eigenvalue weighted by Crippen LogP contribution is -2.50. The Bertz CT molecular complexity index is 1030. The minimum Gasteiger partial charge on any atom is -0.481 e. The summed E-state index contributed by atoms with van der Waals surface area (Å²) in [5.74, 6) is -1.55. The third-order valence-electron chi connectivity index (χ3n) is 6.99. The summed E-state index contributed by atoms with van der Waals surface area (Å²) in [6.45, 7) is 3.93. The Morgan fingerprint density at radius 1 is 1.06 bits per heavy atom. The maximum atomic E-state index is 12.9. The Labute approximate surface area is 205 Å². The first-order chi connectivity index (χ1) is 16.9. The monoisotopic (exact) mass is 480 g/mol. The van der Waals surface area contributed by atoms with Gasteiger partial charge >= 0.3 is 12.1 Å². The van der Waals surface area contributed by atoms with E-state index in [9.17, 15) is 14.4 Å². The lowest BCUT2D eigenvalue weighted by atomic mass is 9.82. The van der Waals surface area contributed by atoms with Crippen LogP contribution in [-0.2, 0) is 19.1 Å². The summed E-state index contributed by atoms with van der Waals surface area (Å²) in [6, 6.07) is 15.1. The highest BCUT2D eigenvalue weighted by atomic mass is 16.5. The van der Waals surface area contributed by atoms with Gasteiger partial charge in [-0.25, -0.2) is 4.79 Å². The Hall–Kier alpha value is -3.39. The Morgan fingerprint density at radius 2 is 1.66 bits per heavy atom. The number of nitrogens with one attached hydrogen (secondary N) is 2. The van der Waals surface area contributed by atoms with Crippen LogP contribution in [0.25, 0.3) is 11.1 Å². The minimum atomic E-state index is -1.03. The van der Waals surface area contributed by atoms with Crippen LogP contribution in [0, 0.1) is 5.41 Å². The second-order valence-electron chi connectivity index (χ2n) is 9.60. The summed E-state index contributed by atoms with van der Waals surface area (Å²) in [5, 5.41) is 14.6. The van der Waals surface area contributed by atoms with E-state index < -0.39 is 24.0 Å². The molecule has 1 aliphatic heterocycles. The lowest BCUT2D eigenvalue weighted by Gasteiger charge is -2.34. The van der Waals surface area contributed by atoms with Gasteiger partial charge in [-0.15, -0.1) is 0 Å². The van der Waals surface area contributed by atoms with Gasteiger partial charge in [0.15, 0.2) is 0 Å². The van der Waals surface area contributed by atoms with Crippen LogP contribution < -0.4 is 10.6 Å². The minimum absolute atomic E-state index is 0.0226. The number of hydrogen-bond acceptors (Lipinski definition) is 5. The molecule has 0 spiro atoms. The maximum absolute atomic E-state index is 12.9. The van der Waals surface area contributed by atoms with E-state index in [1.807, 2.05) is 36.4 Å². The van der Waals surface area contributed by atoms with Gasteiger partial charge in [0.05, 0.1) is 0 Å². The van der Waals surface area contributed by atoms with Crippen LogP contribution in [0.5, 0.6) is 0 Å². The van der Waals surface area contributed by atoms with Crippen molar-refractivity contribution in [3.05, 3.63) is 59.7 Å². The largest absolute Gasteiger partial charge is 0.481 e. The Morgan fingerprint density at radius 3 is 2.26 bits per heavy atom. The normalized spacial score (nSPS) is 17.1. The summed E-state index contributed by atoms with van der Waals surface area (Å²) in [5.41, 5.74) is 4.34. The Kier molecular flexibility index (Phi) is 7.70. The average molecular weight is 481 g/mol. The number of carbonyl (C=O) groups excluding carboxylic acids is 2. The second-order valence-corrected chi connectivity index (χ2v) is 9.60. The summed E-state index contributed by atoms with van der Waals surface area (Å²) in [4.78, 5) is 36.6. The molecule has 0 aromatic heterocycles. The molecule has 1 heterocycles. The molecule has 8 nitrogen and oxygen atoms in total. The van der Waals surface area contributed by atoms with E-state index in [0.717, 1.165) is 35.1 Å². The number of ether oxygens (including phenoxy) is 2. The highest BCUT2D eigenvalue weighted by Crippen LogP contribution is 2.44. The highest BCUT2D eigenvalue weighted by Gasteiger charge is 2.31. The van der Waals surface area contributed by atoms with E-state index in [1.165, 1.54) is 0 Å². The number of alkyl carbamates (subject to hydrolysis) is 1. The molecule has 2 aromatic carbocycles. The second kappa shape index (κ2) is 10.9. The van der Waals surface area contributed by atoms with Crippen molar-refractivity contribution in [2.24, 2.45) is 5.41 Å². The molecule has 1 unspecified atom stereocenters. The molecule has 0 radical (unpaired) electrons. The number of carbonyl (C=O) groups is 3. The molecule has 4 rings (SSSR count). The van der Waals surface area contributed by atoms with Crippen LogP contribution in [0.4, 0.5) is 4.79 Å². The quantitative estimate of drug-likeness (QED) is 0.504. The molecule has 35 heavy (non-hydrogen) atoms. The van der Waals surface area contributed by atoms with Gasteiger partial charge in [0.25, 0.3) is 0 Å². The third kappa shape index (κ3) is 6.00. The number of fused-ring (bicyclic) bond motifs is 3. The predicted octanol–water partition coefficient (Wildman–Crippen LogP) is 3.69. The number of carboxylic acids is 1. The van der Waals surface area contributed by atoms with Crippen LogP contribution >= 0.6 is 0 Å². The molecular formula is C27H32N2O6. The summed E-state index contributed by atoms with van der Waals surface area (Å²) in [7, 11) is 0. The fourth-order valence-corrected chi connectivity index (χ4v) is 4.78. The molecular weight excluding hydrogens is 448 g/mol. The number of aliphatic carboxylic acids is 1. The molecule has 1 saturated heterocycles. The van der Waals surface area contributed by atoms with Crippen LogP contribution in [0.1, 0.15) is 49.7 Å². The predicted molar refractivity (Wildman–Crippen MR) is 130 cm³/mol. The number of carboxylic acid groups (broad SMARTS) is 1. The molecule has 2 amide bonds. The maximum Gasteiger partial charge on any atom is 0.407 e. The molecule has 1 fully saturated rings.